The third-order valence-corrected chi connectivity index (χ3v) is 5.13. The van der Waals surface area contributed by atoms with Gasteiger partial charge in [-0.25, -0.2) is 0 Å². The molecule has 1 aliphatic heterocycles. The monoisotopic (exact) mass is 387 g/mol. The Hall–Kier alpha value is -2.70. The number of benzene rings is 1. The minimum atomic E-state index is -0.731. The molecule has 28 heavy (non-hydrogen) atoms. The van der Waals surface area contributed by atoms with E-state index in [2.05, 4.69) is 10.6 Å². The molecule has 2 rings (SSSR count). The molecule has 2 N–H and O–H groups in total. The third kappa shape index (κ3) is 4.77. The summed E-state index contributed by atoms with van der Waals surface area (Å²) in [4.78, 5) is 50.4. The van der Waals surface area contributed by atoms with Crippen molar-refractivity contribution in [2.24, 2.45) is 5.92 Å². The van der Waals surface area contributed by atoms with Gasteiger partial charge in [-0.05, 0) is 43.7 Å². The van der Waals surface area contributed by atoms with Crippen molar-refractivity contribution in [2.45, 2.75) is 52.6 Å². The summed E-state index contributed by atoms with van der Waals surface area (Å²) >= 11 is 0. The standard InChI is InChI=1S/C21H29N3O4/c1-13(2)18(23-20(27)17-14(3)7-5-8-15(17)4)21(28)24-11-6-9-16(24)19(26)22-10-12-25/h5,7-8,12-13,16,18H,6,9-11H2,1-4H3,(H,22,26)(H,23,27)/t16-,18-/m0/s1. The zero-order valence-corrected chi connectivity index (χ0v) is 17.0. The van der Waals surface area contributed by atoms with Gasteiger partial charge in [0.25, 0.3) is 5.91 Å². The molecule has 0 unspecified atom stereocenters. The van der Waals surface area contributed by atoms with Gasteiger partial charge in [0.1, 0.15) is 18.4 Å². The molecule has 1 aromatic carbocycles. The van der Waals surface area contributed by atoms with Gasteiger partial charge in [-0.1, -0.05) is 32.0 Å². The number of nitrogens with one attached hydrogen (secondary N) is 2. The minimum Gasteiger partial charge on any atom is -0.348 e. The van der Waals surface area contributed by atoms with Crippen molar-refractivity contribution < 1.29 is 19.2 Å². The molecule has 1 aromatic rings. The van der Waals surface area contributed by atoms with Gasteiger partial charge in [-0.2, -0.15) is 0 Å². The molecule has 3 amide bonds. The van der Waals surface area contributed by atoms with Crippen LogP contribution in [-0.2, 0) is 14.4 Å². The largest absolute Gasteiger partial charge is 0.348 e. The lowest BCUT2D eigenvalue weighted by atomic mass is 9.98. The Kier molecular flexibility index (Phi) is 7.31. The molecule has 1 aliphatic rings. The number of aryl methyl sites for hydroxylation is 2. The van der Waals surface area contributed by atoms with Crippen LogP contribution in [0.4, 0.5) is 0 Å². The first kappa shape index (κ1) is 21.6. The van der Waals surface area contributed by atoms with E-state index in [-0.39, 0.29) is 30.2 Å². The van der Waals surface area contributed by atoms with E-state index in [1.807, 2.05) is 45.9 Å². The van der Waals surface area contributed by atoms with Crippen molar-refractivity contribution in [3.8, 4) is 0 Å². The molecule has 0 bridgehead atoms. The maximum atomic E-state index is 13.2. The second-order valence-corrected chi connectivity index (χ2v) is 7.56. The molecular formula is C21H29N3O4. The summed E-state index contributed by atoms with van der Waals surface area (Å²) in [5.74, 6) is -1.02. The molecule has 152 valence electrons. The predicted octanol–water partition coefficient (Wildman–Crippen LogP) is 1.36. The molecule has 2 atom stereocenters. The number of amides is 3. The van der Waals surface area contributed by atoms with E-state index >= 15 is 0 Å². The van der Waals surface area contributed by atoms with Crippen LogP contribution in [0.25, 0.3) is 0 Å². The molecule has 1 heterocycles. The van der Waals surface area contributed by atoms with Crippen LogP contribution >= 0.6 is 0 Å². The first-order chi connectivity index (χ1) is 13.3. The number of aldehydes is 1. The lowest BCUT2D eigenvalue weighted by molar-refractivity contribution is -0.140. The van der Waals surface area contributed by atoms with Gasteiger partial charge < -0.3 is 20.3 Å². The van der Waals surface area contributed by atoms with E-state index in [4.69, 9.17) is 0 Å². The SMILES string of the molecule is Cc1cccc(C)c1C(=O)N[C@H](C(=O)N1CCC[C@H]1C(=O)NCC=O)C(C)C. The van der Waals surface area contributed by atoms with Crippen molar-refractivity contribution in [1.82, 2.24) is 15.5 Å². The van der Waals surface area contributed by atoms with Gasteiger partial charge >= 0.3 is 0 Å². The molecule has 0 saturated carbocycles. The number of carbonyl (C=O) groups is 4. The summed E-state index contributed by atoms with van der Waals surface area (Å²) in [5.41, 5.74) is 2.27. The van der Waals surface area contributed by atoms with Crippen LogP contribution in [0.15, 0.2) is 18.2 Å². The van der Waals surface area contributed by atoms with Crippen LogP contribution in [0, 0.1) is 19.8 Å². The maximum absolute atomic E-state index is 13.2. The van der Waals surface area contributed by atoms with Crippen molar-refractivity contribution >= 4 is 24.0 Å². The fraction of sp³-hybridized carbons (Fsp3) is 0.524. The quantitative estimate of drug-likeness (QED) is 0.691. The maximum Gasteiger partial charge on any atom is 0.252 e. The average molecular weight is 387 g/mol. The molecule has 7 nitrogen and oxygen atoms in total. The van der Waals surface area contributed by atoms with Crippen LogP contribution in [0.2, 0.25) is 0 Å². The van der Waals surface area contributed by atoms with Crippen LogP contribution in [-0.4, -0.2) is 54.1 Å². The van der Waals surface area contributed by atoms with Crippen molar-refractivity contribution in [3.63, 3.8) is 0 Å². The highest BCUT2D eigenvalue weighted by Crippen LogP contribution is 2.21. The van der Waals surface area contributed by atoms with E-state index in [1.165, 1.54) is 4.90 Å². The molecule has 1 fully saturated rings. The highest BCUT2D eigenvalue weighted by Gasteiger charge is 2.38. The Balaban J connectivity index is 2.18. The van der Waals surface area contributed by atoms with E-state index in [1.54, 1.807) is 0 Å². The third-order valence-electron chi connectivity index (χ3n) is 5.13. The Labute approximate surface area is 165 Å². The summed E-state index contributed by atoms with van der Waals surface area (Å²) in [6.07, 6.45) is 1.87. The predicted molar refractivity (Wildman–Crippen MR) is 106 cm³/mol. The van der Waals surface area contributed by atoms with E-state index in [0.717, 1.165) is 11.1 Å². The highest BCUT2D eigenvalue weighted by molar-refractivity contribution is 6.00. The fourth-order valence-corrected chi connectivity index (χ4v) is 3.64. The number of hydrogen-bond acceptors (Lipinski definition) is 4. The van der Waals surface area contributed by atoms with Crippen LogP contribution in [0.3, 0.4) is 0 Å². The Morgan fingerprint density at radius 1 is 1.21 bits per heavy atom. The minimum absolute atomic E-state index is 0.0751. The second kappa shape index (κ2) is 9.48. The lowest BCUT2D eigenvalue weighted by Gasteiger charge is -2.30. The molecular weight excluding hydrogens is 358 g/mol. The van der Waals surface area contributed by atoms with E-state index in [0.29, 0.717) is 31.2 Å². The lowest BCUT2D eigenvalue weighted by Crippen LogP contribution is -2.55. The number of nitrogens with zero attached hydrogens (tertiary/aromatic N) is 1. The van der Waals surface area contributed by atoms with Crippen molar-refractivity contribution in [1.29, 1.82) is 0 Å². The number of hydrogen-bond donors (Lipinski definition) is 2. The smallest absolute Gasteiger partial charge is 0.252 e. The Morgan fingerprint density at radius 2 is 1.86 bits per heavy atom. The molecule has 7 heteroatoms. The van der Waals surface area contributed by atoms with Gasteiger partial charge in [0.05, 0.1) is 6.54 Å². The molecule has 0 radical (unpaired) electrons. The van der Waals surface area contributed by atoms with Crippen LogP contribution in [0.1, 0.15) is 48.2 Å². The molecule has 0 spiro atoms. The van der Waals surface area contributed by atoms with Crippen LogP contribution in [0.5, 0.6) is 0 Å². The van der Waals surface area contributed by atoms with Gasteiger partial charge in [0.15, 0.2) is 0 Å². The summed E-state index contributed by atoms with van der Waals surface area (Å²) in [5, 5.41) is 5.40. The first-order valence-electron chi connectivity index (χ1n) is 9.66. The topological polar surface area (TPSA) is 95.6 Å². The first-order valence-corrected chi connectivity index (χ1v) is 9.66. The highest BCUT2D eigenvalue weighted by atomic mass is 16.2. The summed E-state index contributed by atoms with van der Waals surface area (Å²) in [7, 11) is 0. The van der Waals surface area contributed by atoms with Crippen molar-refractivity contribution in [2.75, 3.05) is 13.1 Å². The fourth-order valence-electron chi connectivity index (χ4n) is 3.64. The Bertz CT molecular complexity index is 740. The average Bonchev–Trinajstić information content (AvgIpc) is 3.13. The van der Waals surface area contributed by atoms with Gasteiger partial charge in [0.2, 0.25) is 11.8 Å². The van der Waals surface area contributed by atoms with E-state index in [9.17, 15) is 19.2 Å². The zero-order valence-electron chi connectivity index (χ0n) is 17.0. The zero-order chi connectivity index (χ0) is 20.8. The van der Waals surface area contributed by atoms with Gasteiger partial charge in [-0.3, -0.25) is 14.4 Å². The summed E-state index contributed by atoms with van der Waals surface area (Å²) < 4.78 is 0. The normalized spacial score (nSPS) is 17.3. The number of carbonyl (C=O) groups excluding carboxylic acids is 4. The van der Waals surface area contributed by atoms with Crippen LogP contribution < -0.4 is 10.6 Å². The number of rotatable bonds is 7. The molecule has 1 saturated heterocycles. The number of likely N-dealkylation sites (tertiary alicyclic amines) is 1. The summed E-state index contributed by atoms with van der Waals surface area (Å²) in [6, 6.07) is 4.28. The van der Waals surface area contributed by atoms with Gasteiger partial charge in [0, 0.05) is 12.1 Å². The molecule has 0 aromatic heterocycles. The van der Waals surface area contributed by atoms with Gasteiger partial charge in [-0.15, -0.1) is 0 Å². The Morgan fingerprint density at radius 3 is 2.43 bits per heavy atom. The van der Waals surface area contributed by atoms with Crippen molar-refractivity contribution in [3.05, 3.63) is 34.9 Å². The van der Waals surface area contributed by atoms with E-state index < -0.39 is 12.1 Å². The summed E-state index contributed by atoms with van der Waals surface area (Å²) in [6.45, 7) is 7.84. The second-order valence-electron chi connectivity index (χ2n) is 7.56. The molecule has 0 aliphatic carbocycles.